The van der Waals surface area contributed by atoms with Crippen molar-refractivity contribution in [1.82, 2.24) is 0 Å². The van der Waals surface area contributed by atoms with Crippen LogP contribution in [0.25, 0.3) is 0 Å². The first-order chi connectivity index (χ1) is 8.31. The van der Waals surface area contributed by atoms with Gasteiger partial charge in [0.1, 0.15) is 13.2 Å². The summed E-state index contributed by atoms with van der Waals surface area (Å²) in [6.07, 6.45) is 4.23. The van der Waals surface area contributed by atoms with Gasteiger partial charge in [-0.2, -0.15) is 0 Å². The maximum absolute atomic E-state index is 5.55. The van der Waals surface area contributed by atoms with Crippen molar-refractivity contribution in [2.24, 2.45) is 5.73 Å². The minimum atomic E-state index is 0.455. The Balaban J connectivity index is 2.85. The van der Waals surface area contributed by atoms with E-state index in [-0.39, 0.29) is 0 Å². The van der Waals surface area contributed by atoms with Gasteiger partial charge in [0.15, 0.2) is 11.5 Å². The van der Waals surface area contributed by atoms with Crippen molar-refractivity contribution in [2.75, 3.05) is 19.8 Å². The molecule has 0 unspecified atom stereocenters. The molecule has 3 heteroatoms. The molecule has 2 N–H and O–H groups in total. The van der Waals surface area contributed by atoms with Crippen LogP contribution in [0.1, 0.15) is 5.56 Å². The van der Waals surface area contributed by atoms with E-state index in [0.717, 1.165) is 17.7 Å². The van der Waals surface area contributed by atoms with E-state index < -0.39 is 0 Å². The van der Waals surface area contributed by atoms with Crippen LogP contribution in [0, 0.1) is 0 Å². The van der Waals surface area contributed by atoms with Crippen LogP contribution < -0.4 is 15.2 Å². The zero-order valence-electron chi connectivity index (χ0n) is 10.0. The van der Waals surface area contributed by atoms with Crippen molar-refractivity contribution in [2.45, 2.75) is 6.42 Å². The maximum atomic E-state index is 5.55. The van der Waals surface area contributed by atoms with E-state index in [1.807, 2.05) is 18.2 Å². The normalized spacial score (nSPS) is 9.71. The van der Waals surface area contributed by atoms with Crippen molar-refractivity contribution in [1.29, 1.82) is 0 Å². The van der Waals surface area contributed by atoms with Gasteiger partial charge in [0.25, 0.3) is 0 Å². The predicted molar refractivity (Wildman–Crippen MR) is 70.6 cm³/mol. The van der Waals surface area contributed by atoms with Gasteiger partial charge in [0, 0.05) is 0 Å². The van der Waals surface area contributed by atoms with Crippen molar-refractivity contribution in [3.05, 3.63) is 49.1 Å². The minimum absolute atomic E-state index is 0.455. The third-order valence-corrected chi connectivity index (χ3v) is 2.15. The van der Waals surface area contributed by atoms with E-state index in [9.17, 15) is 0 Å². The predicted octanol–water partition coefficient (Wildman–Crippen LogP) is 2.32. The molecule has 17 heavy (non-hydrogen) atoms. The Morgan fingerprint density at radius 2 is 1.71 bits per heavy atom. The summed E-state index contributed by atoms with van der Waals surface area (Å²) in [6, 6.07) is 5.84. The molecule has 0 aliphatic carbocycles. The number of hydrogen-bond acceptors (Lipinski definition) is 3. The summed E-state index contributed by atoms with van der Waals surface area (Å²) in [7, 11) is 0. The van der Waals surface area contributed by atoms with Crippen LogP contribution in [0.2, 0.25) is 0 Å². The number of rotatable bonds is 8. The van der Waals surface area contributed by atoms with Gasteiger partial charge in [-0.15, -0.1) is 0 Å². The molecule has 0 fully saturated rings. The molecule has 0 saturated heterocycles. The highest BCUT2D eigenvalue weighted by Gasteiger charge is 2.05. The van der Waals surface area contributed by atoms with Crippen LogP contribution in [-0.4, -0.2) is 19.8 Å². The largest absolute Gasteiger partial charge is 0.486 e. The lowest BCUT2D eigenvalue weighted by Crippen LogP contribution is -2.04. The number of ether oxygens (including phenoxy) is 2. The van der Waals surface area contributed by atoms with Crippen LogP contribution in [0.4, 0.5) is 0 Å². The van der Waals surface area contributed by atoms with Crippen LogP contribution >= 0.6 is 0 Å². The van der Waals surface area contributed by atoms with E-state index in [2.05, 4.69) is 13.2 Å². The van der Waals surface area contributed by atoms with Crippen molar-refractivity contribution < 1.29 is 9.47 Å². The van der Waals surface area contributed by atoms with Crippen LogP contribution in [-0.2, 0) is 6.42 Å². The molecule has 0 aromatic heterocycles. The van der Waals surface area contributed by atoms with E-state index in [1.165, 1.54) is 0 Å². The SMILES string of the molecule is C=CCOc1ccc(CCN)cc1OCC=C. The first kappa shape index (κ1) is 13.3. The van der Waals surface area contributed by atoms with Gasteiger partial charge in [0.05, 0.1) is 0 Å². The third-order valence-electron chi connectivity index (χ3n) is 2.15. The van der Waals surface area contributed by atoms with E-state index in [0.29, 0.717) is 25.5 Å². The molecule has 0 spiro atoms. The lowest BCUT2D eigenvalue weighted by Gasteiger charge is -2.12. The Hall–Kier alpha value is -1.74. The van der Waals surface area contributed by atoms with E-state index in [1.54, 1.807) is 12.2 Å². The lowest BCUT2D eigenvalue weighted by atomic mass is 10.1. The second-order valence-corrected chi connectivity index (χ2v) is 3.52. The van der Waals surface area contributed by atoms with Gasteiger partial charge < -0.3 is 15.2 Å². The maximum Gasteiger partial charge on any atom is 0.161 e. The molecule has 0 bridgehead atoms. The second kappa shape index (κ2) is 7.52. The molecule has 1 aromatic carbocycles. The highest BCUT2D eigenvalue weighted by molar-refractivity contribution is 5.43. The van der Waals surface area contributed by atoms with Gasteiger partial charge in [-0.05, 0) is 30.7 Å². The summed E-state index contributed by atoms with van der Waals surface area (Å²) < 4.78 is 11.1. The molecule has 0 atom stereocenters. The monoisotopic (exact) mass is 233 g/mol. The van der Waals surface area contributed by atoms with Gasteiger partial charge in [-0.3, -0.25) is 0 Å². The van der Waals surface area contributed by atoms with E-state index >= 15 is 0 Å². The van der Waals surface area contributed by atoms with Crippen molar-refractivity contribution >= 4 is 0 Å². The average molecular weight is 233 g/mol. The number of nitrogens with two attached hydrogens (primary N) is 1. The zero-order chi connectivity index (χ0) is 12.5. The smallest absolute Gasteiger partial charge is 0.161 e. The lowest BCUT2D eigenvalue weighted by molar-refractivity contribution is 0.308. The van der Waals surface area contributed by atoms with Gasteiger partial charge in [0.2, 0.25) is 0 Å². The summed E-state index contributed by atoms with van der Waals surface area (Å²) in [6.45, 7) is 8.77. The van der Waals surface area contributed by atoms with Crippen LogP contribution in [0.3, 0.4) is 0 Å². The minimum Gasteiger partial charge on any atom is -0.486 e. The van der Waals surface area contributed by atoms with Crippen molar-refractivity contribution in [3.8, 4) is 11.5 Å². The fraction of sp³-hybridized carbons (Fsp3) is 0.286. The second-order valence-electron chi connectivity index (χ2n) is 3.52. The van der Waals surface area contributed by atoms with E-state index in [4.69, 9.17) is 15.2 Å². The Kier molecular flexibility index (Phi) is 5.89. The van der Waals surface area contributed by atoms with Gasteiger partial charge in [-0.1, -0.05) is 31.4 Å². The summed E-state index contributed by atoms with van der Waals surface area (Å²) in [4.78, 5) is 0. The quantitative estimate of drug-likeness (QED) is 0.701. The Labute approximate surface area is 103 Å². The van der Waals surface area contributed by atoms with Crippen molar-refractivity contribution in [3.63, 3.8) is 0 Å². The third kappa shape index (κ3) is 4.33. The molecule has 0 aliphatic rings. The van der Waals surface area contributed by atoms with Gasteiger partial charge >= 0.3 is 0 Å². The molecule has 3 nitrogen and oxygen atoms in total. The topological polar surface area (TPSA) is 44.5 Å². The molecule has 0 radical (unpaired) electrons. The fourth-order valence-corrected chi connectivity index (χ4v) is 1.40. The molecule has 1 rings (SSSR count). The summed E-state index contributed by atoms with van der Waals surface area (Å²) in [5.74, 6) is 1.44. The standard InChI is InChI=1S/C14H19NO2/c1-3-9-16-13-6-5-12(7-8-15)11-14(13)17-10-4-2/h3-6,11H,1-2,7-10,15H2. The number of benzene rings is 1. The fourth-order valence-electron chi connectivity index (χ4n) is 1.40. The molecule has 1 aromatic rings. The molecular formula is C14H19NO2. The Bertz CT molecular complexity index is 374. The molecule has 0 amide bonds. The van der Waals surface area contributed by atoms with Crippen LogP contribution in [0.5, 0.6) is 11.5 Å². The number of hydrogen-bond donors (Lipinski definition) is 1. The average Bonchev–Trinajstić information content (AvgIpc) is 2.35. The van der Waals surface area contributed by atoms with Gasteiger partial charge in [-0.25, -0.2) is 0 Å². The molecule has 0 heterocycles. The molecule has 0 saturated carbocycles. The first-order valence-electron chi connectivity index (χ1n) is 5.62. The molecule has 92 valence electrons. The summed E-state index contributed by atoms with van der Waals surface area (Å²) in [5.41, 5.74) is 6.66. The summed E-state index contributed by atoms with van der Waals surface area (Å²) >= 11 is 0. The highest BCUT2D eigenvalue weighted by atomic mass is 16.5. The molecular weight excluding hydrogens is 214 g/mol. The zero-order valence-corrected chi connectivity index (χ0v) is 10.0. The highest BCUT2D eigenvalue weighted by Crippen LogP contribution is 2.28. The first-order valence-corrected chi connectivity index (χ1v) is 5.62. The molecule has 0 aliphatic heterocycles. The van der Waals surface area contributed by atoms with Crippen LogP contribution in [0.15, 0.2) is 43.5 Å². The Morgan fingerprint density at radius 1 is 1.06 bits per heavy atom. The Morgan fingerprint density at radius 3 is 2.29 bits per heavy atom. The summed E-state index contributed by atoms with van der Waals surface area (Å²) in [5, 5.41) is 0.